The van der Waals surface area contributed by atoms with Gasteiger partial charge in [0.15, 0.2) is 11.5 Å². The zero-order chi connectivity index (χ0) is 20.9. The van der Waals surface area contributed by atoms with Crippen LogP contribution in [0.15, 0.2) is 41.3 Å². The van der Waals surface area contributed by atoms with E-state index in [-0.39, 0.29) is 10.6 Å². The summed E-state index contributed by atoms with van der Waals surface area (Å²) < 4.78 is 43.1. The van der Waals surface area contributed by atoms with Crippen molar-refractivity contribution in [3.63, 3.8) is 0 Å². The van der Waals surface area contributed by atoms with Gasteiger partial charge in [0.25, 0.3) is 0 Å². The fraction of sp³-hybridized carbons (Fsp3) is 0.316. The normalized spacial score (nSPS) is 12.2. The molecule has 152 valence electrons. The monoisotopic (exact) mass is 408 g/mol. The van der Waals surface area contributed by atoms with Gasteiger partial charge in [0.2, 0.25) is 15.9 Å². The zero-order valence-corrected chi connectivity index (χ0v) is 17.2. The first-order valence-corrected chi connectivity index (χ1v) is 9.90. The van der Waals surface area contributed by atoms with Gasteiger partial charge in [0, 0.05) is 6.07 Å². The molecule has 8 nitrogen and oxygen atoms in total. The average molecular weight is 408 g/mol. The number of hydrogen-bond donors (Lipinski definition) is 2. The van der Waals surface area contributed by atoms with Crippen LogP contribution < -0.4 is 24.2 Å². The van der Waals surface area contributed by atoms with Crippen molar-refractivity contribution in [3.8, 4) is 17.2 Å². The summed E-state index contributed by atoms with van der Waals surface area (Å²) in [6.45, 7) is 3.33. The maximum Gasteiger partial charge on any atom is 0.242 e. The number of nitrogens with one attached hydrogen (secondary N) is 2. The maximum atomic E-state index is 12.6. The van der Waals surface area contributed by atoms with E-state index >= 15 is 0 Å². The lowest BCUT2D eigenvalue weighted by atomic mass is 10.2. The Balaban J connectivity index is 2.18. The molecule has 0 heterocycles. The first-order chi connectivity index (χ1) is 13.2. The minimum Gasteiger partial charge on any atom is -0.495 e. The molecule has 2 aromatic rings. The standard InChI is InChI=1S/C19H24N2O6S/c1-12-6-8-16(25-3)15(10-12)20-19(22)13(2)21-28(23,24)14-7-9-17(26-4)18(11-14)27-5/h6-11,13,21H,1-5H3,(H,20,22)/t13-/m0/s1. The highest BCUT2D eigenvalue weighted by Gasteiger charge is 2.24. The molecule has 2 N–H and O–H groups in total. The number of sulfonamides is 1. The van der Waals surface area contributed by atoms with Gasteiger partial charge in [-0.25, -0.2) is 8.42 Å². The van der Waals surface area contributed by atoms with Crippen molar-refractivity contribution in [2.24, 2.45) is 0 Å². The summed E-state index contributed by atoms with van der Waals surface area (Å²) in [5.41, 5.74) is 1.39. The Morgan fingerprint density at radius 3 is 2.14 bits per heavy atom. The van der Waals surface area contributed by atoms with E-state index < -0.39 is 22.0 Å². The summed E-state index contributed by atoms with van der Waals surface area (Å²) in [7, 11) is 0.398. The molecule has 2 rings (SSSR count). The number of aryl methyl sites for hydroxylation is 1. The predicted molar refractivity (Wildman–Crippen MR) is 106 cm³/mol. The Hall–Kier alpha value is -2.78. The van der Waals surface area contributed by atoms with Crippen molar-refractivity contribution < 1.29 is 27.4 Å². The Bertz CT molecular complexity index is 959. The minimum atomic E-state index is -3.96. The van der Waals surface area contributed by atoms with Crippen LogP contribution in [0.4, 0.5) is 5.69 Å². The van der Waals surface area contributed by atoms with Gasteiger partial charge < -0.3 is 19.5 Å². The lowest BCUT2D eigenvalue weighted by Crippen LogP contribution is -2.41. The molecule has 9 heteroatoms. The van der Waals surface area contributed by atoms with Gasteiger partial charge in [-0.2, -0.15) is 4.72 Å². The van der Waals surface area contributed by atoms with Gasteiger partial charge in [-0.1, -0.05) is 6.07 Å². The molecule has 0 aliphatic carbocycles. The van der Waals surface area contributed by atoms with Crippen molar-refractivity contribution in [2.75, 3.05) is 26.6 Å². The van der Waals surface area contributed by atoms with Crippen molar-refractivity contribution in [1.29, 1.82) is 0 Å². The van der Waals surface area contributed by atoms with E-state index in [0.29, 0.717) is 17.2 Å². The number of rotatable bonds is 8. The second kappa shape index (κ2) is 8.94. The Morgan fingerprint density at radius 1 is 0.929 bits per heavy atom. The molecule has 0 saturated carbocycles. The lowest BCUT2D eigenvalue weighted by molar-refractivity contribution is -0.117. The van der Waals surface area contributed by atoms with Gasteiger partial charge in [-0.05, 0) is 43.7 Å². The highest BCUT2D eigenvalue weighted by Crippen LogP contribution is 2.29. The summed E-state index contributed by atoms with van der Waals surface area (Å²) >= 11 is 0. The number of amides is 1. The molecule has 0 saturated heterocycles. The van der Waals surface area contributed by atoms with Crippen molar-refractivity contribution in [2.45, 2.75) is 24.8 Å². The van der Waals surface area contributed by atoms with Crippen molar-refractivity contribution in [3.05, 3.63) is 42.0 Å². The van der Waals surface area contributed by atoms with Gasteiger partial charge in [0.05, 0.1) is 38.0 Å². The highest BCUT2D eigenvalue weighted by molar-refractivity contribution is 7.89. The van der Waals surface area contributed by atoms with Gasteiger partial charge in [-0.3, -0.25) is 4.79 Å². The fourth-order valence-electron chi connectivity index (χ4n) is 2.50. The van der Waals surface area contributed by atoms with E-state index in [1.807, 2.05) is 13.0 Å². The molecule has 0 spiro atoms. The molecule has 0 bridgehead atoms. The number of benzene rings is 2. The van der Waals surface area contributed by atoms with Crippen molar-refractivity contribution in [1.82, 2.24) is 4.72 Å². The average Bonchev–Trinajstić information content (AvgIpc) is 2.67. The lowest BCUT2D eigenvalue weighted by Gasteiger charge is -2.17. The fourth-order valence-corrected chi connectivity index (χ4v) is 3.72. The summed E-state index contributed by atoms with van der Waals surface area (Å²) in [6.07, 6.45) is 0. The van der Waals surface area contributed by atoms with E-state index in [1.54, 1.807) is 12.1 Å². The third-order valence-electron chi connectivity index (χ3n) is 4.00. The van der Waals surface area contributed by atoms with Crippen LogP contribution >= 0.6 is 0 Å². The van der Waals surface area contributed by atoms with Gasteiger partial charge in [-0.15, -0.1) is 0 Å². The number of methoxy groups -OCH3 is 3. The topological polar surface area (TPSA) is 103 Å². The maximum absolute atomic E-state index is 12.6. The second-order valence-electron chi connectivity index (χ2n) is 6.05. The number of carbonyl (C=O) groups is 1. The van der Waals surface area contributed by atoms with Crippen LogP contribution in [0.5, 0.6) is 17.2 Å². The number of hydrogen-bond acceptors (Lipinski definition) is 6. The van der Waals surface area contributed by atoms with Gasteiger partial charge >= 0.3 is 0 Å². The van der Waals surface area contributed by atoms with Crippen LogP contribution in [0.2, 0.25) is 0 Å². The molecule has 1 atom stereocenters. The molecule has 0 aliphatic heterocycles. The van der Waals surface area contributed by atoms with Crippen LogP contribution in [-0.2, 0) is 14.8 Å². The second-order valence-corrected chi connectivity index (χ2v) is 7.77. The first-order valence-electron chi connectivity index (χ1n) is 8.41. The Kier molecular flexibility index (Phi) is 6.87. The molecule has 0 aliphatic rings. The van der Waals surface area contributed by atoms with E-state index in [1.165, 1.54) is 46.5 Å². The van der Waals surface area contributed by atoms with Crippen LogP contribution in [0.25, 0.3) is 0 Å². The van der Waals surface area contributed by atoms with Crippen LogP contribution in [0.3, 0.4) is 0 Å². The molecule has 0 radical (unpaired) electrons. The van der Waals surface area contributed by atoms with Gasteiger partial charge in [0.1, 0.15) is 5.75 Å². The summed E-state index contributed by atoms with van der Waals surface area (Å²) in [4.78, 5) is 12.4. The molecule has 28 heavy (non-hydrogen) atoms. The van der Waals surface area contributed by atoms with E-state index in [9.17, 15) is 13.2 Å². The first kappa shape index (κ1) is 21.5. The highest BCUT2D eigenvalue weighted by atomic mass is 32.2. The molecule has 0 fully saturated rings. The number of anilines is 1. The molecular weight excluding hydrogens is 384 g/mol. The number of carbonyl (C=O) groups excluding carboxylic acids is 1. The van der Waals surface area contributed by atoms with Crippen LogP contribution in [-0.4, -0.2) is 41.7 Å². The smallest absolute Gasteiger partial charge is 0.242 e. The van der Waals surface area contributed by atoms with E-state index in [0.717, 1.165) is 5.56 Å². The quantitative estimate of drug-likeness (QED) is 0.695. The Morgan fingerprint density at radius 2 is 1.54 bits per heavy atom. The third kappa shape index (κ3) is 4.93. The molecular formula is C19H24N2O6S. The minimum absolute atomic E-state index is 0.0436. The SMILES string of the molecule is COc1ccc(C)cc1NC(=O)[C@H](C)NS(=O)(=O)c1ccc(OC)c(OC)c1. The molecule has 2 aromatic carbocycles. The summed E-state index contributed by atoms with van der Waals surface area (Å²) in [6, 6.07) is 8.47. The predicted octanol–water partition coefficient (Wildman–Crippen LogP) is 2.33. The Labute approximate surface area is 164 Å². The molecule has 1 amide bonds. The zero-order valence-electron chi connectivity index (χ0n) is 16.4. The van der Waals surface area contributed by atoms with Crippen LogP contribution in [0, 0.1) is 6.92 Å². The van der Waals surface area contributed by atoms with Crippen LogP contribution in [0.1, 0.15) is 12.5 Å². The van der Waals surface area contributed by atoms with E-state index in [2.05, 4.69) is 10.0 Å². The largest absolute Gasteiger partial charge is 0.495 e. The van der Waals surface area contributed by atoms with E-state index in [4.69, 9.17) is 14.2 Å². The number of ether oxygens (including phenoxy) is 3. The summed E-state index contributed by atoms with van der Waals surface area (Å²) in [5, 5.41) is 2.68. The molecule has 0 aromatic heterocycles. The molecule has 0 unspecified atom stereocenters. The van der Waals surface area contributed by atoms with Crippen molar-refractivity contribution >= 4 is 21.6 Å². The summed E-state index contributed by atoms with van der Waals surface area (Å²) in [5.74, 6) is 0.632. The third-order valence-corrected chi connectivity index (χ3v) is 5.54.